The van der Waals surface area contributed by atoms with Gasteiger partial charge in [-0.15, -0.1) is 0 Å². The van der Waals surface area contributed by atoms with E-state index in [4.69, 9.17) is 4.74 Å². The van der Waals surface area contributed by atoms with Gasteiger partial charge in [0.1, 0.15) is 12.3 Å². The smallest absolute Gasteiger partial charge is 0.138 e. The van der Waals surface area contributed by atoms with Crippen molar-refractivity contribution in [2.75, 3.05) is 13.6 Å². The molecule has 0 radical (unpaired) electrons. The van der Waals surface area contributed by atoms with Gasteiger partial charge in [0.2, 0.25) is 0 Å². The summed E-state index contributed by atoms with van der Waals surface area (Å²) < 4.78 is 5.76. The number of nitrogens with zero attached hydrogens (tertiary/aromatic N) is 1. The van der Waals surface area contributed by atoms with Crippen molar-refractivity contribution in [1.82, 2.24) is 4.90 Å². The second-order valence-electron chi connectivity index (χ2n) is 6.41. The molecule has 2 unspecified atom stereocenters. The van der Waals surface area contributed by atoms with Gasteiger partial charge < -0.3 is 9.84 Å². The van der Waals surface area contributed by atoms with Crippen LogP contribution >= 0.6 is 0 Å². The lowest BCUT2D eigenvalue weighted by atomic mass is 9.79. The molecule has 2 atom stereocenters. The van der Waals surface area contributed by atoms with Crippen molar-refractivity contribution in [1.29, 1.82) is 0 Å². The Kier molecular flexibility index (Phi) is 4.04. The van der Waals surface area contributed by atoms with E-state index < -0.39 is 5.60 Å². The minimum atomic E-state index is -0.622. The van der Waals surface area contributed by atoms with Gasteiger partial charge in [-0.1, -0.05) is 20.8 Å². The Bertz CT molecular complexity index is 233. The predicted molar refractivity (Wildman–Crippen MR) is 66.3 cm³/mol. The van der Waals surface area contributed by atoms with Crippen LogP contribution in [-0.4, -0.2) is 41.5 Å². The maximum absolute atomic E-state index is 9.89. The number of hydrogen-bond acceptors (Lipinski definition) is 3. The van der Waals surface area contributed by atoms with Gasteiger partial charge in [-0.3, -0.25) is 4.90 Å². The molecule has 0 saturated carbocycles. The first-order valence-electron chi connectivity index (χ1n) is 6.25. The van der Waals surface area contributed by atoms with Crippen LogP contribution in [0.5, 0.6) is 0 Å². The lowest BCUT2D eigenvalue weighted by molar-refractivity contribution is 0.0227. The summed E-state index contributed by atoms with van der Waals surface area (Å²) in [5.41, 5.74) is -0.589. The van der Waals surface area contributed by atoms with Gasteiger partial charge in [-0.05, 0) is 39.2 Å². The van der Waals surface area contributed by atoms with Gasteiger partial charge in [-0.25, -0.2) is 0 Å². The predicted octanol–water partition coefficient (Wildman–Crippen LogP) is 2.24. The summed E-state index contributed by atoms with van der Waals surface area (Å²) in [6.45, 7) is 11.3. The monoisotopic (exact) mass is 229 g/mol. The van der Waals surface area contributed by atoms with Gasteiger partial charge in [0.25, 0.3) is 0 Å². The summed E-state index contributed by atoms with van der Waals surface area (Å²) in [6.07, 6.45) is 2.42. The molecule has 1 N–H and O–H groups in total. The normalized spacial score (nSPS) is 26.2. The molecule has 0 spiro atoms. The van der Waals surface area contributed by atoms with Crippen LogP contribution in [0.25, 0.3) is 0 Å². The highest BCUT2D eigenvalue weighted by Gasteiger charge is 2.52. The van der Waals surface area contributed by atoms with Gasteiger partial charge in [0.15, 0.2) is 0 Å². The summed E-state index contributed by atoms with van der Waals surface area (Å²) in [5, 5.41) is 9.89. The van der Waals surface area contributed by atoms with E-state index in [2.05, 4.69) is 32.7 Å². The Hall–Kier alpha value is -0.120. The fourth-order valence-electron chi connectivity index (χ4n) is 2.71. The minimum Gasteiger partial charge on any atom is -0.390 e. The van der Waals surface area contributed by atoms with Crippen molar-refractivity contribution in [3.8, 4) is 0 Å². The molecule has 0 aromatic heterocycles. The first-order chi connectivity index (χ1) is 7.17. The van der Waals surface area contributed by atoms with Gasteiger partial charge in [0, 0.05) is 6.54 Å². The molecule has 0 bridgehead atoms. The molecule has 1 fully saturated rings. The van der Waals surface area contributed by atoms with Gasteiger partial charge >= 0.3 is 0 Å². The number of ether oxygens (including phenoxy) is 1. The highest BCUT2D eigenvalue weighted by atomic mass is 16.6. The molecular weight excluding hydrogens is 202 g/mol. The molecular formula is C13H27NO2. The number of likely N-dealkylation sites (N-methyl/N-ethyl adjacent to an activating group) is 1. The quantitative estimate of drug-likeness (QED) is 0.710. The van der Waals surface area contributed by atoms with E-state index in [9.17, 15) is 5.11 Å². The molecule has 96 valence electrons. The van der Waals surface area contributed by atoms with Crippen LogP contribution in [0.4, 0.5) is 0 Å². The van der Waals surface area contributed by atoms with Crippen molar-refractivity contribution >= 4 is 0 Å². The van der Waals surface area contributed by atoms with E-state index in [1.807, 2.05) is 13.8 Å². The van der Waals surface area contributed by atoms with Gasteiger partial charge in [0.05, 0.1) is 5.60 Å². The Balaban J connectivity index is 2.48. The summed E-state index contributed by atoms with van der Waals surface area (Å²) in [7, 11) is 2.11. The maximum Gasteiger partial charge on any atom is 0.138 e. The molecule has 0 aromatic rings. The van der Waals surface area contributed by atoms with Crippen LogP contribution < -0.4 is 0 Å². The fourth-order valence-corrected chi connectivity index (χ4v) is 2.71. The standard InChI is InChI=1S/C13H27NO2/c1-7-8-14(6)11-10(16-11)12(2,3)9-13(4,5)15/h10-11,15H,7-9H2,1-6H3. The van der Waals surface area contributed by atoms with Crippen molar-refractivity contribution < 1.29 is 9.84 Å². The van der Waals surface area contributed by atoms with Gasteiger partial charge in [-0.2, -0.15) is 0 Å². The largest absolute Gasteiger partial charge is 0.390 e. The van der Waals surface area contributed by atoms with Crippen LogP contribution in [0.2, 0.25) is 0 Å². The van der Waals surface area contributed by atoms with E-state index >= 15 is 0 Å². The maximum atomic E-state index is 9.89. The van der Waals surface area contributed by atoms with Crippen LogP contribution in [0.3, 0.4) is 0 Å². The molecule has 1 rings (SSSR count). The molecule has 1 aliphatic heterocycles. The topological polar surface area (TPSA) is 36.0 Å². The van der Waals surface area contributed by atoms with E-state index in [1.54, 1.807) is 0 Å². The molecule has 0 aliphatic carbocycles. The molecule has 3 nitrogen and oxygen atoms in total. The minimum absolute atomic E-state index is 0.0327. The SMILES string of the molecule is CCCN(C)C1OC1C(C)(C)CC(C)(C)O. The van der Waals surface area contributed by atoms with Crippen molar-refractivity contribution in [3.63, 3.8) is 0 Å². The summed E-state index contributed by atoms with van der Waals surface area (Å²) in [4.78, 5) is 2.26. The highest BCUT2D eigenvalue weighted by Crippen LogP contribution is 2.44. The van der Waals surface area contributed by atoms with E-state index in [0.29, 0.717) is 0 Å². The second kappa shape index (κ2) is 4.63. The number of epoxide rings is 1. The molecule has 3 heteroatoms. The third-order valence-electron chi connectivity index (χ3n) is 3.14. The van der Waals surface area contributed by atoms with Crippen LogP contribution in [0.1, 0.15) is 47.5 Å². The first-order valence-corrected chi connectivity index (χ1v) is 6.25. The number of hydrogen-bond donors (Lipinski definition) is 1. The molecule has 1 heterocycles. The zero-order chi connectivity index (χ0) is 12.6. The van der Waals surface area contributed by atoms with E-state index in [1.165, 1.54) is 0 Å². The molecule has 1 aliphatic rings. The summed E-state index contributed by atoms with van der Waals surface area (Å²) in [5.74, 6) is 0. The van der Waals surface area contributed by atoms with Crippen LogP contribution in [-0.2, 0) is 4.74 Å². The third-order valence-corrected chi connectivity index (χ3v) is 3.14. The molecule has 0 aromatic carbocycles. The average molecular weight is 229 g/mol. The second-order valence-corrected chi connectivity index (χ2v) is 6.41. The Morgan fingerprint density at radius 2 is 1.81 bits per heavy atom. The van der Waals surface area contributed by atoms with Crippen LogP contribution in [0, 0.1) is 5.41 Å². The van der Waals surface area contributed by atoms with Crippen molar-refractivity contribution in [2.45, 2.75) is 65.4 Å². The number of aliphatic hydroxyl groups is 1. The first kappa shape index (κ1) is 13.9. The fraction of sp³-hybridized carbons (Fsp3) is 1.00. The van der Waals surface area contributed by atoms with E-state index in [0.717, 1.165) is 19.4 Å². The Morgan fingerprint density at radius 3 is 2.25 bits per heavy atom. The summed E-state index contributed by atoms with van der Waals surface area (Å²) in [6, 6.07) is 0. The Morgan fingerprint density at radius 1 is 1.25 bits per heavy atom. The molecule has 0 amide bonds. The average Bonchev–Trinajstić information content (AvgIpc) is 2.77. The van der Waals surface area contributed by atoms with Crippen molar-refractivity contribution in [3.05, 3.63) is 0 Å². The zero-order valence-corrected chi connectivity index (χ0v) is 11.6. The van der Waals surface area contributed by atoms with Crippen LogP contribution in [0.15, 0.2) is 0 Å². The molecule has 1 saturated heterocycles. The Labute approximate surface area is 99.8 Å². The highest BCUT2D eigenvalue weighted by molar-refractivity contribution is 4.97. The number of rotatable bonds is 6. The lowest BCUT2D eigenvalue weighted by Gasteiger charge is -2.30. The van der Waals surface area contributed by atoms with Crippen molar-refractivity contribution in [2.24, 2.45) is 5.41 Å². The third kappa shape index (κ3) is 3.72. The zero-order valence-electron chi connectivity index (χ0n) is 11.6. The summed E-state index contributed by atoms with van der Waals surface area (Å²) >= 11 is 0. The van der Waals surface area contributed by atoms with E-state index in [-0.39, 0.29) is 17.7 Å². The molecule has 16 heavy (non-hydrogen) atoms. The lowest BCUT2D eigenvalue weighted by Crippen LogP contribution is -2.35.